The molecule has 0 saturated carbocycles. The van der Waals surface area contributed by atoms with Gasteiger partial charge in [-0.3, -0.25) is 0 Å². The van der Waals surface area contributed by atoms with Crippen LogP contribution in [0.4, 0.5) is 4.39 Å². The lowest BCUT2D eigenvalue weighted by molar-refractivity contribution is -0.144. The third-order valence-electron chi connectivity index (χ3n) is 2.38. The minimum absolute atomic E-state index is 0.0218. The molecular formula is C12H9ClFNO4. The van der Waals surface area contributed by atoms with Gasteiger partial charge in [0.05, 0.1) is 16.8 Å². The number of hydrogen-bond acceptors (Lipinski definition) is 4. The molecule has 1 aromatic carbocycles. The number of nitrogens with zero attached hydrogens (tertiary/aromatic N) is 1. The Morgan fingerprint density at radius 2 is 2.32 bits per heavy atom. The molecule has 0 unspecified atom stereocenters. The SMILES string of the molecule is C[C@H](Oc1cc(F)c(Cl)cc1-c1ccno1)C(=O)O. The Morgan fingerprint density at radius 1 is 1.58 bits per heavy atom. The van der Waals surface area contributed by atoms with Crippen molar-refractivity contribution < 1.29 is 23.6 Å². The fourth-order valence-electron chi connectivity index (χ4n) is 1.41. The molecule has 19 heavy (non-hydrogen) atoms. The van der Waals surface area contributed by atoms with E-state index in [0.717, 1.165) is 6.07 Å². The van der Waals surface area contributed by atoms with E-state index in [1.54, 1.807) is 0 Å². The van der Waals surface area contributed by atoms with Crippen molar-refractivity contribution in [2.45, 2.75) is 13.0 Å². The van der Waals surface area contributed by atoms with E-state index in [9.17, 15) is 9.18 Å². The van der Waals surface area contributed by atoms with E-state index in [-0.39, 0.29) is 10.8 Å². The maximum Gasteiger partial charge on any atom is 0.344 e. The molecule has 0 amide bonds. The van der Waals surface area contributed by atoms with Crippen LogP contribution < -0.4 is 4.74 Å². The second-order valence-corrected chi connectivity index (χ2v) is 4.14. The summed E-state index contributed by atoms with van der Waals surface area (Å²) in [6, 6.07) is 3.84. The molecule has 1 heterocycles. The van der Waals surface area contributed by atoms with Crippen LogP contribution in [0.15, 0.2) is 28.9 Å². The quantitative estimate of drug-likeness (QED) is 0.935. The zero-order valence-electron chi connectivity index (χ0n) is 9.76. The number of aromatic nitrogens is 1. The molecule has 0 aliphatic heterocycles. The van der Waals surface area contributed by atoms with Crippen LogP contribution in [-0.2, 0) is 4.79 Å². The molecule has 2 aromatic rings. The topological polar surface area (TPSA) is 72.6 Å². The number of halogens is 2. The van der Waals surface area contributed by atoms with Gasteiger partial charge in [-0.25, -0.2) is 9.18 Å². The van der Waals surface area contributed by atoms with Gasteiger partial charge in [0.25, 0.3) is 0 Å². The first-order valence-electron chi connectivity index (χ1n) is 5.28. The second kappa shape index (κ2) is 5.27. The fraction of sp³-hybridized carbons (Fsp3) is 0.167. The molecule has 0 bridgehead atoms. The molecule has 0 aliphatic carbocycles. The number of carboxylic acids is 1. The van der Waals surface area contributed by atoms with Crippen LogP contribution >= 0.6 is 11.6 Å². The van der Waals surface area contributed by atoms with E-state index >= 15 is 0 Å². The van der Waals surface area contributed by atoms with Gasteiger partial charge < -0.3 is 14.4 Å². The molecule has 0 saturated heterocycles. The van der Waals surface area contributed by atoms with Crippen LogP contribution in [0.2, 0.25) is 5.02 Å². The highest BCUT2D eigenvalue weighted by atomic mass is 35.5. The van der Waals surface area contributed by atoms with E-state index in [1.165, 1.54) is 25.3 Å². The van der Waals surface area contributed by atoms with Crippen molar-refractivity contribution in [2.75, 3.05) is 0 Å². The van der Waals surface area contributed by atoms with Gasteiger partial charge in [0.15, 0.2) is 11.9 Å². The summed E-state index contributed by atoms with van der Waals surface area (Å²) in [6.45, 7) is 1.33. The Labute approximate surface area is 112 Å². The van der Waals surface area contributed by atoms with Crippen LogP contribution in [0.5, 0.6) is 5.75 Å². The van der Waals surface area contributed by atoms with Crippen LogP contribution in [0.1, 0.15) is 6.92 Å². The van der Waals surface area contributed by atoms with Crippen molar-refractivity contribution in [3.63, 3.8) is 0 Å². The largest absolute Gasteiger partial charge is 0.479 e. The molecule has 0 radical (unpaired) electrons. The lowest BCUT2D eigenvalue weighted by Crippen LogP contribution is -2.23. The zero-order chi connectivity index (χ0) is 14.0. The Morgan fingerprint density at radius 3 is 2.89 bits per heavy atom. The summed E-state index contributed by atoms with van der Waals surface area (Å²) < 4.78 is 23.6. The van der Waals surface area contributed by atoms with Gasteiger partial charge in [-0.05, 0) is 13.0 Å². The minimum Gasteiger partial charge on any atom is -0.479 e. The molecule has 2 rings (SSSR count). The van der Waals surface area contributed by atoms with E-state index in [2.05, 4.69) is 5.16 Å². The summed E-state index contributed by atoms with van der Waals surface area (Å²) in [5, 5.41) is 12.2. The highest BCUT2D eigenvalue weighted by Gasteiger charge is 2.19. The predicted molar refractivity (Wildman–Crippen MR) is 64.6 cm³/mol. The molecule has 1 atom stereocenters. The number of benzene rings is 1. The average molecular weight is 286 g/mol. The molecule has 1 aromatic heterocycles. The summed E-state index contributed by atoms with van der Waals surface area (Å²) in [7, 11) is 0. The molecule has 1 N–H and O–H groups in total. The van der Waals surface area contributed by atoms with E-state index in [0.29, 0.717) is 11.3 Å². The zero-order valence-corrected chi connectivity index (χ0v) is 10.5. The smallest absolute Gasteiger partial charge is 0.344 e. The van der Waals surface area contributed by atoms with E-state index in [1.807, 2.05) is 0 Å². The molecule has 0 fully saturated rings. The number of aliphatic carboxylic acids is 1. The second-order valence-electron chi connectivity index (χ2n) is 3.74. The summed E-state index contributed by atoms with van der Waals surface area (Å²) in [5.74, 6) is -1.56. The fourth-order valence-corrected chi connectivity index (χ4v) is 1.58. The minimum atomic E-state index is -1.17. The summed E-state index contributed by atoms with van der Waals surface area (Å²) >= 11 is 5.69. The Bertz CT molecular complexity index is 600. The number of ether oxygens (including phenoxy) is 1. The van der Waals surface area contributed by atoms with Crippen LogP contribution in [0.3, 0.4) is 0 Å². The van der Waals surface area contributed by atoms with Crippen molar-refractivity contribution in [3.8, 4) is 17.1 Å². The lowest BCUT2D eigenvalue weighted by Gasteiger charge is -2.13. The molecule has 0 spiro atoms. The predicted octanol–water partition coefficient (Wildman–Crippen LogP) is 2.99. The van der Waals surface area contributed by atoms with Gasteiger partial charge in [-0.2, -0.15) is 0 Å². The lowest BCUT2D eigenvalue weighted by atomic mass is 10.1. The summed E-state index contributed by atoms with van der Waals surface area (Å²) in [6.07, 6.45) is 0.263. The number of rotatable bonds is 4. The number of carboxylic acid groups (broad SMARTS) is 1. The van der Waals surface area contributed by atoms with Gasteiger partial charge in [-0.15, -0.1) is 0 Å². The van der Waals surface area contributed by atoms with Gasteiger partial charge in [-0.1, -0.05) is 16.8 Å². The summed E-state index contributed by atoms with van der Waals surface area (Å²) in [4.78, 5) is 10.8. The van der Waals surface area contributed by atoms with Crippen molar-refractivity contribution in [1.29, 1.82) is 0 Å². The van der Waals surface area contributed by atoms with Gasteiger partial charge >= 0.3 is 5.97 Å². The number of carbonyl (C=O) groups is 1. The van der Waals surface area contributed by atoms with Crippen molar-refractivity contribution >= 4 is 17.6 Å². The van der Waals surface area contributed by atoms with Gasteiger partial charge in [0, 0.05) is 12.1 Å². The number of hydrogen-bond donors (Lipinski definition) is 1. The maximum absolute atomic E-state index is 13.4. The first kappa shape index (κ1) is 13.4. The monoisotopic (exact) mass is 285 g/mol. The van der Waals surface area contributed by atoms with E-state index < -0.39 is 17.9 Å². The Balaban J connectivity index is 2.46. The molecular weight excluding hydrogens is 277 g/mol. The molecule has 5 nitrogen and oxygen atoms in total. The van der Waals surface area contributed by atoms with Gasteiger partial charge in [0.1, 0.15) is 11.6 Å². The Hall–Kier alpha value is -2.08. The standard InChI is InChI=1S/C12H9ClFNO4/c1-6(12(16)17)18-11-5-9(14)8(13)4-7(11)10-2-3-15-19-10/h2-6H,1H3,(H,16,17)/t6-/m0/s1. The summed E-state index contributed by atoms with van der Waals surface area (Å²) in [5.41, 5.74) is 0.331. The van der Waals surface area contributed by atoms with Crippen molar-refractivity contribution in [2.24, 2.45) is 0 Å². The molecule has 7 heteroatoms. The maximum atomic E-state index is 13.4. The average Bonchev–Trinajstić information content (AvgIpc) is 2.86. The first-order valence-corrected chi connectivity index (χ1v) is 5.66. The van der Waals surface area contributed by atoms with Crippen molar-refractivity contribution in [3.05, 3.63) is 35.2 Å². The molecule has 100 valence electrons. The van der Waals surface area contributed by atoms with Crippen LogP contribution in [0, 0.1) is 5.82 Å². The highest BCUT2D eigenvalue weighted by molar-refractivity contribution is 6.31. The third kappa shape index (κ3) is 2.85. The van der Waals surface area contributed by atoms with Gasteiger partial charge in [0.2, 0.25) is 0 Å². The third-order valence-corrected chi connectivity index (χ3v) is 2.67. The van der Waals surface area contributed by atoms with Crippen LogP contribution in [-0.4, -0.2) is 22.3 Å². The highest BCUT2D eigenvalue weighted by Crippen LogP contribution is 2.34. The van der Waals surface area contributed by atoms with E-state index in [4.69, 9.17) is 26.0 Å². The first-order chi connectivity index (χ1) is 8.99. The normalized spacial score (nSPS) is 12.2. The Kier molecular flexibility index (Phi) is 3.71. The van der Waals surface area contributed by atoms with Crippen LogP contribution in [0.25, 0.3) is 11.3 Å². The molecule has 0 aliphatic rings. The van der Waals surface area contributed by atoms with Crippen molar-refractivity contribution in [1.82, 2.24) is 5.16 Å².